The van der Waals surface area contributed by atoms with Crippen molar-refractivity contribution in [2.75, 3.05) is 25.0 Å². The van der Waals surface area contributed by atoms with E-state index in [1.54, 1.807) is 4.90 Å². The van der Waals surface area contributed by atoms with E-state index in [0.29, 0.717) is 11.9 Å². The number of rotatable bonds is 6. The van der Waals surface area contributed by atoms with E-state index >= 15 is 0 Å². The standard InChI is InChI=1S/C8H16BrNO2/c1-2-3-4-10(5-6-11)8(12)7-9/h11H,2-7H2,1H3. The lowest BCUT2D eigenvalue weighted by Gasteiger charge is -2.20. The van der Waals surface area contributed by atoms with Gasteiger partial charge in [-0.1, -0.05) is 29.3 Å². The first kappa shape index (κ1) is 11.9. The van der Waals surface area contributed by atoms with Crippen molar-refractivity contribution < 1.29 is 9.90 Å². The van der Waals surface area contributed by atoms with Crippen molar-refractivity contribution in [3.05, 3.63) is 0 Å². The zero-order chi connectivity index (χ0) is 9.40. The first-order chi connectivity index (χ1) is 5.76. The molecule has 3 nitrogen and oxygen atoms in total. The van der Waals surface area contributed by atoms with Crippen LogP contribution in [0.4, 0.5) is 0 Å². The molecule has 1 N–H and O–H groups in total. The number of amides is 1. The maximum absolute atomic E-state index is 11.2. The number of aliphatic hydroxyl groups is 1. The molecule has 0 aliphatic carbocycles. The smallest absolute Gasteiger partial charge is 0.233 e. The Balaban J connectivity index is 3.76. The number of nitrogens with zero attached hydrogens (tertiary/aromatic N) is 1. The third-order valence-electron chi connectivity index (χ3n) is 1.62. The molecule has 4 heteroatoms. The summed E-state index contributed by atoms with van der Waals surface area (Å²) < 4.78 is 0. The maximum atomic E-state index is 11.2. The third kappa shape index (κ3) is 4.72. The van der Waals surface area contributed by atoms with Crippen LogP contribution in [0.2, 0.25) is 0 Å². The Labute approximate surface area is 81.9 Å². The van der Waals surface area contributed by atoms with Gasteiger partial charge in [0.1, 0.15) is 0 Å². The minimum Gasteiger partial charge on any atom is -0.395 e. The summed E-state index contributed by atoms with van der Waals surface area (Å²) >= 11 is 3.10. The predicted molar refractivity (Wildman–Crippen MR) is 52.4 cm³/mol. The fourth-order valence-corrected chi connectivity index (χ4v) is 1.27. The van der Waals surface area contributed by atoms with Crippen LogP contribution in [0.15, 0.2) is 0 Å². The molecule has 0 aliphatic heterocycles. The van der Waals surface area contributed by atoms with E-state index < -0.39 is 0 Å². The van der Waals surface area contributed by atoms with Crippen LogP contribution >= 0.6 is 15.9 Å². The van der Waals surface area contributed by atoms with Crippen molar-refractivity contribution in [1.82, 2.24) is 4.90 Å². The van der Waals surface area contributed by atoms with Gasteiger partial charge in [-0.3, -0.25) is 4.79 Å². The van der Waals surface area contributed by atoms with E-state index in [0.717, 1.165) is 19.4 Å². The molecule has 0 aromatic carbocycles. The Morgan fingerprint density at radius 2 is 2.17 bits per heavy atom. The lowest BCUT2D eigenvalue weighted by Crippen LogP contribution is -2.35. The molecule has 0 saturated heterocycles. The fraction of sp³-hybridized carbons (Fsp3) is 0.875. The second-order valence-electron chi connectivity index (χ2n) is 2.59. The number of carbonyl (C=O) groups is 1. The quantitative estimate of drug-likeness (QED) is 0.701. The molecule has 0 rings (SSSR count). The van der Waals surface area contributed by atoms with Crippen molar-refractivity contribution >= 4 is 21.8 Å². The van der Waals surface area contributed by atoms with Gasteiger partial charge in [-0.25, -0.2) is 0 Å². The number of hydrogen-bond acceptors (Lipinski definition) is 2. The van der Waals surface area contributed by atoms with Gasteiger partial charge >= 0.3 is 0 Å². The van der Waals surface area contributed by atoms with Gasteiger partial charge in [0.25, 0.3) is 0 Å². The average molecular weight is 238 g/mol. The van der Waals surface area contributed by atoms with Crippen LogP contribution in [-0.2, 0) is 4.79 Å². The molecule has 0 aromatic heterocycles. The van der Waals surface area contributed by atoms with E-state index in [9.17, 15) is 4.79 Å². The normalized spacial score (nSPS) is 9.92. The van der Waals surface area contributed by atoms with E-state index in [1.807, 2.05) is 0 Å². The number of halogens is 1. The Morgan fingerprint density at radius 1 is 1.50 bits per heavy atom. The van der Waals surface area contributed by atoms with E-state index in [4.69, 9.17) is 5.11 Å². The Hall–Kier alpha value is -0.0900. The molecule has 0 radical (unpaired) electrons. The number of aliphatic hydroxyl groups excluding tert-OH is 1. The first-order valence-corrected chi connectivity index (χ1v) is 5.33. The van der Waals surface area contributed by atoms with Gasteiger partial charge in [0.15, 0.2) is 0 Å². The topological polar surface area (TPSA) is 40.5 Å². The molecule has 0 bridgehead atoms. The van der Waals surface area contributed by atoms with Gasteiger partial charge in [0, 0.05) is 13.1 Å². The SMILES string of the molecule is CCCCN(CCO)C(=O)CBr. The predicted octanol–water partition coefficient (Wildman–Crippen LogP) is 1.00. The van der Waals surface area contributed by atoms with Crippen LogP contribution in [0.1, 0.15) is 19.8 Å². The molecule has 1 amide bonds. The van der Waals surface area contributed by atoms with Crippen LogP contribution < -0.4 is 0 Å². The van der Waals surface area contributed by atoms with Crippen molar-refractivity contribution in [2.45, 2.75) is 19.8 Å². The lowest BCUT2D eigenvalue weighted by atomic mass is 10.3. The van der Waals surface area contributed by atoms with Gasteiger partial charge < -0.3 is 10.0 Å². The first-order valence-electron chi connectivity index (χ1n) is 4.20. The lowest BCUT2D eigenvalue weighted by molar-refractivity contribution is -0.128. The van der Waals surface area contributed by atoms with Gasteiger partial charge in [-0.15, -0.1) is 0 Å². The molecule has 0 heterocycles. The van der Waals surface area contributed by atoms with E-state index in [1.165, 1.54) is 0 Å². The zero-order valence-corrected chi connectivity index (χ0v) is 9.01. The number of alkyl halides is 1. The van der Waals surface area contributed by atoms with Crippen molar-refractivity contribution in [1.29, 1.82) is 0 Å². The average Bonchev–Trinajstić information content (AvgIpc) is 2.11. The highest BCUT2D eigenvalue weighted by Gasteiger charge is 2.09. The molecule has 12 heavy (non-hydrogen) atoms. The van der Waals surface area contributed by atoms with Crippen molar-refractivity contribution in [3.8, 4) is 0 Å². The summed E-state index contributed by atoms with van der Waals surface area (Å²) in [6, 6.07) is 0. The van der Waals surface area contributed by atoms with Gasteiger partial charge in [0.2, 0.25) is 5.91 Å². The Morgan fingerprint density at radius 3 is 2.58 bits per heavy atom. The number of hydrogen-bond donors (Lipinski definition) is 1. The molecule has 0 spiro atoms. The second kappa shape index (κ2) is 7.55. The van der Waals surface area contributed by atoms with Crippen molar-refractivity contribution in [2.24, 2.45) is 0 Å². The summed E-state index contributed by atoms with van der Waals surface area (Å²) in [6.45, 7) is 3.32. The second-order valence-corrected chi connectivity index (χ2v) is 3.15. The van der Waals surface area contributed by atoms with Crippen LogP contribution in [0.25, 0.3) is 0 Å². The van der Waals surface area contributed by atoms with Crippen LogP contribution in [0.5, 0.6) is 0 Å². The Kier molecular flexibility index (Phi) is 7.50. The summed E-state index contributed by atoms with van der Waals surface area (Å²) in [4.78, 5) is 12.9. The molecular formula is C8H16BrNO2. The largest absolute Gasteiger partial charge is 0.395 e. The summed E-state index contributed by atoms with van der Waals surface area (Å²) in [7, 11) is 0. The molecule has 0 unspecified atom stereocenters. The fourth-order valence-electron chi connectivity index (χ4n) is 0.915. The molecule has 0 atom stereocenters. The third-order valence-corrected chi connectivity index (χ3v) is 2.10. The van der Waals surface area contributed by atoms with Crippen LogP contribution in [0.3, 0.4) is 0 Å². The molecule has 0 aromatic rings. The zero-order valence-electron chi connectivity index (χ0n) is 7.42. The summed E-state index contributed by atoms with van der Waals surface area (Å²) in [5, 5.41) is 9.02. The van der Waals surface area contributed by atoms with E-state index in [2.05, 4.69) is 22.9 Å². The van der Waals surface area contributed by atoms with E-state index in [-0.39, 0.29) is 12.5 Å². The molecule has 0 aliphatic rings. The maximum Gasteiger partial charge on any atom is 0.233 e. The monoisotopic (exact) mass is 237 g/mol. The molecule has 0 saturated carbocycles. The highest BCUT2D eigenvalue weighted by molar-refractivity contribution is 9.09. The highest BCUT2D eigenvalue weighted by Crippen LogP contribution is 1.97. The Bertz CT molecular complexity index is 130. The van der Waals surface area contributed by atoms with Crippen LogP contribution in [-0.4, -0.2) is 40.9 Å². The van der Waals surface area contributed by atoms with Crippen molar-refractivity contribution in [3.63, 3.8) is 0 Å². The molecular weight excluding hydrogens is 222 g/mol. The van der Waals surface area contributed by atoms with Crippen LogP contribution in [0, 0.1) is 0 Å². The molecule has 0 fully saturated rings. The summed E-state index contributed by atoms with van der Waals surface area (Å²) in [6.07, 6.45) is 2.07. The number of carbonyl (C=O) groups excluding carboxylic acids is 1. The highest BCUT2D eigenvalue weighted by atomic mass is 79.9. The number of unbranched alkanes of at least 4 members (excludes halogenated alkanes) is 1. The minimum absolute atomic E-state index is 0.0441. The van der Waals surface area contributed by atoms with Gasteiger partial charge in [-0.2, -0.15) is 0 Å². The summed E-state index contributed by atoms with van der Waals surface area (Å²) in [5.41, 5.74) is 0. The van der Waals surface area contributed by atoms with Gasteiger partial charge in [-0.05, 0) is 6.42 Å². The molecule has 72 valence electrons. The summed E-state index contributed by atoms with van der Waals surface area (Å²) in [5.74, 6) is 0.0532. The van der Waals surface area contributed by atoms with Gasteiger partial charge in [0.05, 0.1) is 11.9 Å². The minimum atomic E-state index is 0.0441.